The van der Waals surface area contributed by atoms with Gasteiger partial charge < -0.3 is 15.5 Å². The Morgan fingerprint density at radius 3 is 2.60 bits per heavy atom. The molecule has 2 aromatic rings. The van der Waals surface area contributed by atoms with E-state index in [0.717, 1.165) is 12.1 Å². The molecule has 2 N–H and O–H groups in total. The topological polar surface area (TPSA) is 61.4 Å². The van der Waals surface area contributed by atoms with Crippen molar-refractivity contribution in [2.45, 2.75) is 19.9 Å². The predicted molar refractivity (Wildman–Crippen MR) is 98.9 cm³/mol. The molecule has 1 fully saturated rings. The second-order valence-electron chi connectivity index (χ2n) is 6.46. The van der Waals surface area contributed by atoms with Gasteiger partial charge in [-0.15, -0.1) is 0 Å². The average Bonchev–Trinajstić information content (AvgIpc) is 2.63. The summed E-state index contributed by atoms with van der Waals surface area (Å²) in [6.45, 7) is 6.18. The predicted octanol–water partition coefficient (Wildman–Crippen LogP) is 2.68. The highest BCUT2D eigenvalue weighted by Crippen LogP contribution is 2.19. The van der Waals surface area contributed by atoms with Crippen LogP contribution in [0.1, 0.15) is 33.2 Å². The first-order chi connectivity index (χ1) is 12.0. The van der Waals surface area contributed by atoms with E-state index in [1.165, 1.54) is 0 Å². The fraction of sp³-hybridized carbons (Fsp3) is 0.300. The maximum absolute atomic E-state index is 12.8. The molecule has 1 aliphatic heterocycles. The third-order valence-electron chi connectivity index (χ3n) is 4.42. The van der Waals surface area contributed by atoms with Crippen molar-refractivity contribution in [3.8, 4) is 0 Å². The first-order valence-corrected chi connectivity index (χ1v) is 8.54. The maximum Gasteiger partial charge on any atom is 0.255 e. The van der Waals surface area contributed by atoms with Crippen LogP contribution in [0.25, 0.3) is 0 Å². The molecule has 1 atom stereocenters. The van der Waals surface area contributed by atoms with E-state index in [-0.39, 0.29) is 11.8 Å². The minimum atomic E-state index is -0.177. The molecule has 0 aromatic heterocycles. The van der Waals surface area contributed by atoms with Gasteiger partial charge in [-0.25, -0.2) is 0 Å². The van der Waals surface area contributed by atoms with E-state index in [4.69, 9.17) is 0 Å². The molecule has 2 amide bonds. The fourth-order valence-corrected chi connectivity index (χ4v) is 2.97. The van der Waals surface area contributed by atoms with E-state index in [0.29, 0.717) is 35.9 Å². The van der Waals surface area contributed by atoms with E-state index in [2.05, 4.69) is 17.6 Å². The number of hydrogen-bond acceptors (Lipinski definition) is 3. The Balaban J connectivity index is 1.78. The van der Waals surface area contributed by atoms with Crippen molar-refractivity contribution in [3.63, 3.8) is 0 Å². The molecule has 3 rings (SSSR count). The molecule has 1 aliphatic rings. The van der Waals surface area contributed by atoms with Crippen LogP contribution in [0.3, 0.4) is 0 Å². The number of rotatable bonds is 3. The van der Waals surface area contributed by atoms with Gasteiger partial charge in [-0.1, -0.05) is 24.3 Å². The van der Waals surface area contributed by atoms with E-state index in [1.807, 2.05) is 42.2 Å². The van der Waals surface area contributed by atoms with Gasteiger partial charge in [-0.2, -0.15) is 0 Å². The summed E-state index contributed by atoms with van der Waals surface area (Å²) < 4.78 is 0. The van der Waals surface area contributed by atoms with Gasteiger partial charge in [-0.05, 0) is 43.7 Å². The lowest BCUT2D eigenvalue weighted by Crippen LogP contribution is -2.51. The van der Waals surface area contributed by atoms with Crippen LogP contribution >= 0.6 is 0 Å². The molecular weight excluding hydrogens is 314 g/mol. The number of benzene rings is 2. The third kappa shape index (κ3) is 4.06. The largest absolute Gasteiger partial charge is 0.336 e. The second kappa shape index (κ2) is 7.49. The Hall–Kier alpha value is -2.66. The summed E-state index contributed by atoms with van der Waals surface area (Å²) in [6, 6.07) is 14.8. The van der Waals surface area contributed by atoms with Gasteiger partial charge in [-0.3, -0.25) is 9.59 Å². The van der Waals surface area contributed by atoms with Crippen molar-refractivity contribution in [2.75, 3.05) is 25.0 Å². The van der Waals surface area contributed by atoms with Crippen molar-refractivity contribution in [1.82, 2.24) is 10.2 Å². The number of nitrogens with one attached hydrogen (secondary N) is 2. The third-order valence-corrected chi connectivity index (χ3v) is 4.42. The summed E-state index contributed by atoms with van der Waals surface area (Å²) in [5.74, 6) is -0.173. The number of carbonyl (C=O) groups is 2. The molecule has 1 unspecified atom stereocenters. The van der Waals surface area contributed by atoms with Crippen LogP contribution in [0.15, 0.2) is 48.5 Å². The van der Waals surface area contributed by atoms with E-state index in [9.17, 15) is 9.59 Å². The molecule has 0 spiro atoms. The van der Waals surface area contributed by atoms with Crippen LogP contribution in [0, 0.1) is 6.92 Å². The van der Waals surface area contributed by atoms with E-state index < -0.39 is 0 Å². The zero-order valence-corrected chi connectivity index (χ0v) is 14.6. The number of amides is 2. The van der Waals surface area contributed by atoms with Gasteiger partial charge in [0, 0.05) is 42.5 Å². The number of carbonyl (C=O) groups excluding carboxylic acids is 2. The highest BCUT2D eigenvalue weighted by molar-refractivity contribution is 6.05. The first kappa shape index (κ1) is 17.2. The molecule has 1 saturated heterocycles. The number of piperazine rings is 1. The van der Waals surface area contributed by atoms with Gasteiger partial charge in [0.15, 0.2) is 0 Å². The average molecular weight is 337 g/mol. The highest BCUT2D eigenvalue weighted by atomic mass is 16.2. The van der Waals surface area contributed by atoms with Crippen molar-refractivity contribution < 1.29 is 9.59 Å². The normalized spacial score (nSPS) is 17.2. The van der Waals surface area contributed by atoms with Crippen molar-refractivity contribution >= 4 is 17.5 Å². The SMILES string of the molecule is Cc1ccc(C(=O)N2CCNC(C)C2)cc1NC(=O)c1ccccc1. The molecule has 0 radical (unpaired) electrons. The molecule has 5 heteroatoms. The Labute approximate surface area is 148 Å². The summed E-state index contributed by atoms with van der Waals surface area (Å²) in [7, 11) is 0. The molecule has 25 heavy (non-hydrogen) atoms. The number of nitrogens with zero attached hydrogens (tertiary/aromatic N) is 1. The molecule has 0 saturated carbocycles. The van der Waals surface area contributed by atoms with Gasteiger partial charge >= 0.3 is 0 Å². The maximum atomic E-state index is 12.8. The van der Waals surface area contributed by atoms with Crippen molar-refractivity contribution in [2.24, 2.45) is 0 Å². The smallest absolute Gasteiger partial charge is 0.255 e. The molecule has 1 heterocycles. The minimum absolute atomic E-state index is 0.00330. The highest BCUT2D eigenvalue weighted by Gasteiger charge is 2.22. The summed E-state index contributed by atoms with van der Waals surface area (Å²) >= 11 is 0. The Bertz CT molecular complexity index is 774. The van der Waals surface area contributed by atoms with Crippen molar-refractivity contribution in [3.05, 3.63) is 65.2 Å². The number of hydrogen-bond donors (Lipinski definition) is 2. The van der Waals surface area contributed by atoms with E-state index in [1.54, 1.807) is 18.2 Å². The standard InChI is InChI=1S/C20H23N3O2/c1-14-8-9-17(20(25)23-11-10-21-15(2)13-23)12-18(14)22-19(24)16-6-4-3-5-7-16/h3-9,12,15,21H,10-11,13H2,1-2H3,(H,22,24). The monoisotopic (exact) mass is 337 g/mol. The zero-order chi connectivity index (χ0) is 17.8. The Kier molecular flexibility index (Phi) is 5.14. The molecule has 2 aromatic carbocycles. The number of aryl methyl sites for hydroxylation is 1. The lowest BCUT2D eigenvalue weighted by atomic mass is 10.1. The van der Waals surface area contributed by atoms with Crippen molar-refractivity contribution in [1.29, 1.82) is 0 Å². The number of anilines is 1. The van der Waals surface area contributed by atoms with Crippen LogP contribution in [0.5, 0.6) is 0 Å². The van der Waals surface area contributed by atoms with Crippen LogP contribution < -0.4 is 10.6 Å². The lowest BCUT2D eigenvalue weighted by Gasteiger charge is -2.32. The summed E-state index contributed by atoms with van der Waals surface area (Å²) in [5.41, 5.74) is 2.79. The van der Waals surface area contributed by atoms with Gasteiger partial charge in [0.1, 0.15) is 0 Å². The molecule has 130 valence electrons. The Morgan fingerprint density at radius 2 is 1.88 bits per heavy atom. The zero-order valence-electron chi connectivity index (χ0n) is 14.6. The quantitative estimate of drug-likeness (QED) is 0.905. The second-order valence-corrected chi connectivity index (χ2v) is 6.46. The molecule has 0 aliphatic carbocycles. The lowest BCUT2D eigenvalue weighted by molar-refractivity contribution is 0.0709. The molecule has 0 bridgehead atoms. The van der Waals surface area contributed by atoms with Gasteiger partial charge in [0.05, 0.1) is 0 Å². The first-order valence-electron chi connectivity index (χ1n) is 8.54. The Morgan fingerprint density at radius 1 is 1.12 bits per heavy atom. The molecule has 5 nitrogen and oxygen atoms in total. The van der Waals surface area contributed by atoms with Crippen LogP contribution in [0.2, 0.25) is 0 Å². The van der Waals surface area contributed by atoms with E-state index >= 15 is 0 Å². The van der Waals surface area contributed by atoms with Crippen LogP contribution in [-0.4, -0.2) is 42.4 Å². The van der Waals surface area contributed by atoms with Gasteiger partial charge in [0.25, 0.3) is 11.8 Å². The van der Waals surface area contributed by atoms with Gasteiger partial charge in [0.2, 0.25) is 0 Å². The van der Waals surface area contributed by atoms with Crippen LogP contribution in [-0.2, 0) is 0 Å². The summed E-state index contributed by atoms with van der Waals surface area (Å²) in [4.78, 5) is 27.0. The molecular formula is C20H23N3O2. The summed E-state index contributed by atoms with van der Waals surface area (Å²) in [6.07, 6.45) is 0. The summed E-state index contributed by atoms with van der Waals surface area (Å²) in [5, 5.41) is 6.24. The minimum Gasteiger partial charge on any atom is -0.336 e. The fourth-order valence-electron chi connectivity index (χ4n) is 2.97. The van der Waals surface area contributed by atoms with Crippen LogP contribution in [0.4, 0.5) is 5.69 Å².